The first-order chi connectivity index (χ1) is 10.7. The number of halogens is 4. The lowest BCUT2D eigenvalue weighted by molar-refractivity contribution is -0.186. The van der Waals surface area contributed by atoms with E-state index in [1.807, 2.05) is 24.3 Å². The van der Waals surface area contributed by atoms with E-state index in [0.29, 0.717) is 18.0 Å². The molecule has 1 saturated heterocycles. The van der Waals surface area contributed by atoms with E-state index in [1.54, 1.807) is 0 Å². The van der Waals surface area contributed by atoms with Crippen molar-refractivity contribution in [2.24, 2.45) is 0 Å². The second-order valence-electron chi connectivity index (χ2n) is 6.87. The van der Waals surface area contributed by atoms with Crippen molar-refractivity contribution >= 4 is 11.6 Å². The number of nitrogens with one attached hydrogen (secondary N) is 2. The molecule has 130 valence electrons. The average Bonchev–Trinajstić information content (AvgIpc) is 2.47. The highest BCUT2D eigenvalue weighted by atomic mass is 35.5. The second-order valence-corrected chi connectivity index (χ2v) is 7.31. The van der Waals surface area contributed by atoms with E-state index in [4.69, 9.17) is 11.6 Å². The molecule has 1 aliphatic rings. The number of piperidine rings is 1. The van der Waals surface area contributed by atoms with Gasteiger partial charge in [0.25, 0.3) is 0 Å². The predicted molar refractivity (Wildman–Crippen MR) is 88.0 cm³/mol. The Labute approximate surface area is 140 Å². The van der Waals surface area contributed by atoms with Gasteiger partial charge in [-0.2, -0.15) is 13.2 Å². The van der Waals surface area contributed by atoms with Crippen LogP contribution in [0.2, 0.25) is 5.02 Å². The first kappa shape index (κ1) is 18.6. The molecule has 1 atom stereocenters. The molecule has 0 saturated carbocycles. The number of hydrogen-bond donors (Lipinski definition) is 2. The molecular formula is C17H24ClF3N2. The van der Waals surface area contributed by atoms with Gasteiger partial charge in [-0.15, -0.1) is 0 Å². The van der Waals surface area contributed by atoms with Crippen LogP contribution in [0.5, 0.6) is 0 Å². The molecule has 2 N–H and O–H groups in total. The largest absolute Gasteiger partial charge is 0.406 e. The Bertz CT molecular complexity index is 523. The predicted octanol–water partition coefficient (Wildman–Crippen LogP) is 4.28. The van der Waals surface area contributed by atoms with Crippen molar-refractivity contribution in [1.29, 1.82) is 0 Å². The minimum atomic E-state index is -4.26. The zero-order valence-corrected chi connectivity index (χ0v) is 14.3. The summed E-state index contributed by atoms with van der Waals surface area (Å²) in [6.45, 7) is 4.38. The molecule has 2 rings (SSSR count). The molecule has 1 aromatic rings. The number of benzene rings is 1. The number of alkyl halides is 3. The number of hydrogen-bond acceptors (Lipinski definition) is 2. The van der Waals surface area contributed by atoms with E-state index in [-0.39, 0.29) is 5.41 Å². The molecule has 1 aromatic carbocycles. The van der Waals surface area contributed by atoms with Crippen molar-refractivity contribution in [2.45, 2.75) is 50.2 Å². The summed E-state index contributed by atoms with van der Waals surface area (Å²) >= 11 is 6.11. The zero-order chi connectivity index (χ0) is 17.1. The van der Waals surface area contributed by atoms with Gasteiger partial charge < -0.3 is 10.6 Å². The highest BCUT2D eigenvalue weighted by Crippen LogP contribution is 2.36. The van der Waals surface area contributed by atoms with Crippen LogP contribution >= 0.6 is 11.6 Å². The lowest BCUT2D eigenvalue weighted by atomic mass is 9.72. The molecule has 2 nitrogen and oxygen atoms in total. The van der Waals surface area contributed by atoms with Crippen molar-refractivity contribution in [1.82, 2.24) is 10.6 Å². The molecule has 0 bridgehead atoms. The SMILES string of the molecule is CC(C)(NCC[C@]1(c2cccc(Cl)c2)CCCNC1)C(F)(F)F. The summed E-state index contributed by atoms with van der Waals surface area (Å²) in [5.74, 6) is 0. The van der Waals surface area contributed by atoms with Gasteiger partial charge in [0.2, 0.25) is 0 Å². The molecule has 0 amide bonds. The van der Waals surface area contributed by atoms with Crippen LogP contribution in [0.15, 0.2) is 24.3 Å². The van der Waals surface area contributed by atoms with Gasteiger partial charge in [0.05, 0.1) is 0 Å². The van der Waals surface area contributed by atoms with Gasteiger partial charge in [0.15, 0.2) is 0 Å². The van der Waals surface area contributed by atoms with E-state index < -0.39 is 11.7 Å². The monoisotopic (exact) mass is 348 g/mol. The Balaban J connectivity index is 2.11. The Kier molecular flexibility index (Phi) is 5.64. The average molecular weight is 349 g/mol. The van der Waals surface area contributed by atoms with Crippen LogP contribution in [-0.4, -0.2) is 31.3 Å². The summed E-state index contributed by atoms with van der Waals surface area (Å²) in [6.07, 6.45) is -1.66. The van der Waals surface area contributed by atoms with Crippen molar-refractivity contribution in [3.63, 3.8) is 0 Å². The van der Waals surface area contributed by atoms with E-state index in [1.165, 1.54) is 13.8 Å². The van der Waals surface area contributed by atoms with Crippen molar-refractivity contribution in [2.75, 3.05) is 19.6 Å². The van der Waals surface area contributed by atoms with Crippen molar-refractivity contribution in [3.05, 3.63) is 34.9 Å². The van der Waals surface area contributed by atoms with E-state index in [9.17, 15) is 13.2 Å². The molecule has 1 aliphatic heterocycles. The maximum atomic E-state index is 13.0. The first-order valence-corrected chi connectivity index (χ1v) is 8.33. The van der Waals surface area contributed by atoms with Crippen molar-refractivity contribution < 1.29 is 13.2 Å². The molecule has 0 aliphatic carbocycles. The fraction of sp³-hybridized carbons (Fsp3) is 0.647. The van der Waals surface area contributed by atoms with E-state index in [0.717, 1.165) is 31.5 Å². The van der Waals surface area contributed by atoms with Crippen LogP contribution < -0.4 is 10.6 Å². The second kappa shape index (κ2) is 6.99. The summed E-state index contributed by atoms with van der Waals surface area (Å²) in [4.78, 5) is 0. The van der Waals surface area contributed by atoms with E-state index >= 15 is 0 Å². The molecule has 1 heterocycles. The third-order valence-corrected chi connectivity index (χ3v) is 5.02. The fourth-order valence-electron chi connectivity index (χ4n) is 3.10. The van der Waals surface area contributed by atoms with Gasteiger partial charge in [0.1, 0.15) is 5.54 Å². The van der Waals surface area contributed by atoms with Crippen LogP contribution in [0.3, 0.4) is 0 Å². The molecule has 0 aromatic heterocycles. The van der Waals surface area contributed by atoms with Crippen LogP contribution in [0.4, 0.5) is 13.2 Å². The van der Waals surface area contributed by atoms with Crippen LogP contribution in [-0.2, 0) is 5.41 Å². The minimum Gasteiger partial charge on any atom is -0.316 e. The Hall–Kier alpha value is -0.780. The lowest BCUT2D eigenvalue weighted by Gasteiger charge is -2.40. The molecule has 0 radical (unpaired) electrons. The van der Waals surface area contributed by atoms with Crippen LogP contribution in [0, 0.1) is 0 Å². The van der Waals surface area contributed by atoms with Gasteiger partial charge in [-0.25, -0.2) is 0 Å². The molecule has 0 spiro atoms. The molecule has 23 heavy (non-hydrogen) atoms. The van der Waals surface area contributed by atoms with Gasteiger partial charge in [-0.3, -0.25) is 0 Å². The molecular weight excluding hydrogens is 325 g/mol. The fourth-order valence-corrected chi connectivity index (χ4v) is 3.30. The summed E-state index contributed by atoms with van der Waals surface area (Å²) in [7, 11) is 0. The molecule has 6 heteroatoms. The summed E-state index contributed by atoms with van der Waals surface area (Å²) < 4.78 is 38.9. The summed E-state index contributed by atoms with van der Waals surface area (Å²) in [5, 5.41) is 6.71. The highest BCUT2D eigenvalue weighted by Gasteiger charge is 2.47. The third kappa shape index (κ3) is 4.40. The number of rotatable bonds is 5. The Morgan fingerprint density at radius 3 is 2.61 bits per heavy atom. The third-order valence-electron chi connectivity index (χ3n) is 4.79. The smallest absolute Gasteiger partial charge is 0.316 e. The maximum absolute atomic E-state index is 13.0. The molecule has 0 unspecified atom stereocenters. The maximum Gasteiger partial charge on any atom is 0.406 e. The van der Waals surface area contributed by atoms with Crippen LogP contribution in [0.25, 0.3) is 0 Å². The Morgan fingerprint density at radius 2 is 2.04 bits per heavy atom. The summed E-state index contributed by atoms with van der Waals surface area (Å²) in [6, 6.07) is 7.68. The zero-order valence-electron chi connectivity index (χ0n) is 13.6. The van der Waals surface area contributed by atoms with Crippen molar-refractivity contribution in [3.8, 4) is 0 Å². The summed E-state index contributed by atoms with van der Waals surface area (Å²) in [5.41, 5.74) is -0.952. The Morgan fingerprint density at radius 1 is 1.30 bits per heavy atom. The standard InChI is InChI=1S/C17H24ClF3N2/c1-15(2,17(19,20)21)23-10-8-16(7-4-9-22-12-16)13-5-3-6-14(18)11-13/h3,5-6,11,22-23H,4,7-10,12H2,1-2H3/t16-/m1/s1. The minimum absolute atomic E-state index is 0.169. The normalized spacial score (nSPS) is 23.0. The lowest BCUT2D eigenvalue weighted by Crippen LogP contribution is -2.54. The van der Waals surface area contributed by atoms with Gasteiger partial charge in [-0.05, 0) is 63.9 Å². The first-order valence-electron chi connectivity index (χ1n) is 7.95. The van der Waals surface area contributed by atoms with Gasteiger partial charge >= 0.3 is 6.18 Å². The highest BCUT2D eigenvalue weighted by molar-refractivity contribution is 6.30. The van der Waals surface area contributed by atoms with Crippen LogP contribution in [0.1, 0.15) is 38.7 Å². The quantitative estimate of drug-likeness (QED) is 0.829. The van der Waals surface area contributed by atoms with Gasteiger partial charge in [0, 0.05) is 17.0 Å². The molecule has 1 fully saturated rings. The van der Waals surface area contributed by atoms with E-state index in [2.05, 4.69) is 10.6 Å². The van der Waals surface area contributed by atoms with Gasteiger partial charge in [-0.1, -0.05) is 23.7 Å². The topological polar surface area (TPSA) is 24.1 Å².